The van der Waals surface area contributed by atoms with Gasteiger partial charge in [0.15, 0.2) is 11.6 Å². The van der Waals surface area contributed by atoms with Gasteiger partial charge in [0.05, 0.1) is 25.2 Å². The van der Waals surface area contributed by atoms with Crippen LogP contribution in [0.25, 0.3) is 22.3 Å². The lowest BCUT2D eigenvalue weighted by atomic mass is 10.1. The Hall–Kier alpha value is -5.01. The highest BCUT2D eigenvalue weighted by molar-refractivity contribution is 5.83. The number of fused-ring (bicyclic) bond motifs is 1. The number of aromatic nitrogens is 5. The van der Waals surface area contributed by atoms with Crippen LogP contribution >= 0.6 is 0 Å². The number of methoxy groups -OCH3 is 1. The molecule has 0 bridgehead atoms. The zero-order valence-corrected chi connectivity index (χ0v) is 26.9. The van der Waals surface area contributed by atoms with Gasteiger partial charge >= 0.3 is 5.97 Å². The number of carbonyl (C=O) groups is 1. The topological polar surface area (TPSA) is 131 Å². The second-order valence-corrected chi connectivity index (χ2v) is 11.1. The minimum absolute atomic E-state index is 0.0602. The molecule has 13 heteroatoms. The first-order chi connectivity index (χ1) is 22.8. The molecule has 3 heterocycles. The van der Waals surface area contributed by atoms with E-state index < -0.39 is 17.6 Å². The number of aryl methyl sites for hydroxylation is 1. The predicted octanol–water partition coefficient (Wildman–Crippen LogP) is 5.65. The molecule has 0 amide bonds. The van der Waals surface area contributed by atoms with Crippen molar-refractivity contribution in [1.82, 2.24) is 35.1 Å². The Bertz CT molecular complexity index is 1830. The molecule has 0 spiro atoms. The summed E-state index contributed by atoms with van der Waals surface area (Å²) in [6.07, 6.45) is 2.86. The van der Waals surface area contributed by atoms with Crippen LogP contribution in [0.2, 0.25) is 0 Å². The van der Waals surface area contributed by atoms with Crippen LogP contribution in [-0.2, 0) is 22.6 Å². The molecule has 0 aliphatic rings. The minimum atomic E-state index is -0.725. The summed E-state index contributed by atoms with van der Waals surface area (Å²) < 4.78 is 37.1. The highest BCUT2D eigenvalue weighted by Crippen LogP contribution is 2.31. The molecule has 5 aromatic rings. The Morgan fingerprint density at radius 3 is 2.53 bits per heavy atom. The van der Waals surface area contributed by atoms with Crippen LogP contribution in [0.4, 0.5) is 26.2 Å². The van der Waals surface area contributed by atoms with Crippen molar-refractivity contribution in [2.24, 2.45) is 0 Å². The zero-order valence-electron chi connectivity index (χ0n) is 26.9. The van der Waals surface area contributed by atoms with Crippen molar-refractivity contribution in [1.29, 1.82) is 0 Å². The molecule has 2 aromatic carbocycles. The highest BCUT2D eigenvalue weighted by Gasteiger charge is 2.21. The molecule has 0 radical (unpaired) electrons. The number of imidazole rings is 1. The van der Waals surface area contributed by atoms with Gasteiger partial charge in [-0.05, 0) is 38.1 Å². The number of esters is 1. The molecule has 0 saturated heterocycles. The molecule has 1 atom stereocenters. The first kappa shape index (κ1) is 33.4. The standard InChI is InChI=1S/C34H39F2N9O2/c1-5-37-11-12-38-18-25-19-40-30(16-28(25)39-17-23-9-7-6-8-10-23)43-34-41-20-27(36)32(44-34)24-14-26(35)33-29(15-24)45(22(3)42-33)21(2)13-31(46)47-4/h6-10,14-16,19-21,37-38H,5,11-13,17-18H2,1-4H3,(H2,39,40,41,43,44)/t21-/m1/s1. The number of hydrogen-bond acceptors (Lipinski definition) is 10. The van der Waals surface area contributed by atoms with Crippen molar-refractivity contribution in [3.05, 3.63) is 89.5 Å². The Kier molecular flexibility index (Phi) is 11.0. The third-order valence-corrected chi connectivity index (χ3v) is 7.67. The first-order valence-electron chi connectivity index (χ1n) is 15.5. The van der Waals surface area contributed by atoms with Gasteiger partial charge in [-0.15, -0.1) is 0 Å². The van der Waals surface area contributed by atoms with Crippen LogP contribution in [0.5, 0.6) is 0 Å². The van der Waals surface area contributed by atoms with E-state index in [0.29, 0.717) is 30.2 Å². The minimum Gasteiger partial charge on any atom is -0.469 e. The monoisotopic (exact) mass is 643 g/mol. The molecular weight excluding hydrogens is 604 g/mol. The van der Waals surface area contributed by atoms with Gasteiger partial charge in [0.2, 0.25) is 5.95 Å². The van der Waals surface area contributed by atoms with Gasteiger partial charge in [0.1, 0.15) is 22.9 Å². The van der Waals surface area contributed by atoms with E-state index in [2.05, 4.69) is 48.1 Å². The van der Waals surface area contributed by atoms with Gasteiger partial charge in [-0.25, -0.2) is 28.7 Å². The van der Waals surface area contributed by atoms with Crippen LogP contribution in [0.3, 0.4) is 0 Å². The molecule has 11 nitrogen and oxygen atoms in total. The Balaban J connectivity index is 1.42. The lowest BCUT2D eigenvalue weighted by molar-refractivity contribution is -0.141. The summed E-state index contributed by atoms with van der Waals surface area (Å²) in [6, 6.07) is 14.3. The molecule has 47 heavy (non-hydrogen) atoms. The van der Waals surface area contributed by atoms with E-state index in [4.69, 9.17) is 4.74 Å². The molecule has 0 unspecified atom stereocenters. The van der Waals surface area contributed by atoms with Crippen molar-refractivity contribution >= 4 is 34.5 Å². The molecule has 246 valence electrons. The fourth-order valence-electron chi connectivity index (χ4n) is 5.35. The Morgan fingerprint density at radius 1 is 0.979 bits per heavy atom. The van der Waals surface area contributed by atoms with E-state index in [0.717, 1.165) is 42.6 Å². The number of halogens is 2. The van der Waals surface area contributed by atoms with Crippen molar-refractivity contribution in [3.63, 3.8) is 0 Å². The van der Waals surface area contributed by atoms with Crippen molar-refractivity contribution in [3.8, 4) is 11.3 Å². The van der Waals surface area contributed by atoms with Gasteiger partial charge in [-0.3, -0.25) is 4.79 Å². The number of carbonyl (C=O) groups excluding carboxylic acids is 1. The van der Waals surface area contributed by atoms with Gasteiger partial charge in [-0.1, -0.05) is 37.3 Å². The number of ether oxygens (including phenoxy) is 1. The van der Waals surface area contributed by atoms with Gasteiger partial charge in [0, 0.05) is 61.3 Å². The molecule has 3 aromatic heterocycles. The molecule has 0 saturated carbocycles. The number of benzene rings is 2. The fourth-order valence-corrected chi connectivity index (χ4v) is 5.35. The molecule has 0 fully saturated rings. The molecule has 5 rings (SSSR count). The zero-order chi connectivity index (χ0) is 33.3. The van der Waals surface area contributed by atoms with Gasteiger partial charge in [0.25, 0.3) is 0 Å². The van der Waals surface area contributed by atoms with Crippen LogP contribution < -0.4 is 21.3 Å². The largest absolute Gasteiger partial charge is 0.469 e. The first-order valence-corrected chi connectivity index (χ1v) is 15.5. The number of anilines is 3. The van der Waals surface area contributed by atoms with E-state index in [-0.39, 0.29) is 35.2 Å². The van der Waals surface area contributed by atoms with Crippen LogP contribution in [0.15, 0.2) is 60.9 Å². The number of likely N-dealkylation sites (N-methyl/N-ethyl adjacent to an activating group) is 1. The van der Waals surface area contributed by atoms with Gasteiger partial charge < -0.3 is 30.6 Å². The maximum absolute atomic E-state index is 15.3. The quantitative estimate of drug-likeness (QED) is 0.0838. The number of nitrogens with one attached hydrogen (secondary N) is 4. The molecular formula is C34H39F2N9O2. The van der Waals surface area contributed by atoms with Crippen molar-refractivity contribution in [2.45, 2.75) is 46.3 Å². The predicted molar refractivity (Wildman–Crippen MR) is 178 cm³/mol. The summed E-state index contributed by atoms with van der Waals surface area (Å²) in [5.74, 6) is -0.727. The summed E-state index contributed by atoms with van der Waals surface area (Å²) in [5.41, 5.74) is 3.58. The highest BCUT2D eigenvalue weighted by atomic mass is 19.1. The average Bonchev–Trinajstić information content (AvgIpc) is 3.42. The third-order valence-electron chi connectivity index (χ3n) is 7.67. The van der Waals surface area contributed by atoms with Gasteiger partial charge in [-0.2, -0.15) is 0 Å². The summed E-state index contributed by atoms with van der Waals surface area (Å²) >= 11 is 0. The Morgan fingerprint density at radius 2 is 1.77 bits per heavy atom. The summed E-state index contributed by atoms with van der Waals surface area (Å²) in [5, 5.41) is 13.3. The van der Waals surface area contributed by atoms with E-state index in [1.807, 2.05) is 43.3 Å². The molecule has 0 aliphatic heterocycles. The van der Waals surface area contributed by atoms with E-state index >= 15 is 8.78 Å². The van der Waals surface area contributed by atoms with Crippen molar-refractivity contribution in [2.75, 3.05) is 37.4 Å². The van der Waals surface area contributed by atoms with E-state index in [9.17, 15) is 4.79 Å². The lowest BCUT2D eigenvalue weighted by Crippen LogP contribution is -2.27. The number of nitrogens with zero attached hydrogens (tertiary/aromatic N) is 5. The Labute approximate surface area is 272 Å². The summed E-state index contributed by atoms with van der Waals surface area (Å²) in [6.45, 7) is 9.37. The number of rotatable bonds is 15. The lowest BCUT2D eigenvalue weighted by Gasteiger charge is -2.16. The van der Waals surface area contributed by atoms with Crippen molar-refractivity contribution < 1.29 is 18.3 Å². The number of hydrogen-bond donors (Lipinski definition) is 4. The maximum Gasteiger partial charge on any atom is 0.307 e. The average molecular weight is 644 g/mol. The van der Waals surface area contributed by atoms with E-state index in [1.165, 1.54) is 13.2 Å². The second-order valence-electron chi connectivity index (χ2n) is 11.1. The van der Waals surface area contributed by atoms with Crippen LogP contribution in [-0.4, -0.2) is 57.2 Å². The summed E-state index contributed by atoms with van der Waals surface area (Å²) in [7, 11) is 1.31. The third kappa shape index (κ3) is 8.23. The molecule has 4 N–H and O–H groups in total. The van der Waals surface area contributed by atoms with E-state index in [1.54, 1.807) is 23.8 Å². The SMILES string of the molecule is CCNCCNCc1cnc(Nc2ncc(F)c(-c3cc(F)c4nc(C)n([C@H](C)CC(=O)OC)c4c3)n2)cc1NCc1ccccc1. The second kappa shape index (κ2) is 15.5. The normalized spacial score (nSPS) is 11.9. The smallest absolute Gasteiger partial charge is 0.307 e. The maximum atomic E-state index is 15.3. The van der Waals surface area contributed by atoms with Crippen LogP contribution in [0.1, 0.15) is 43.3 Å². The van der Waals surface area contributed by atoms with Crippen LogP contribution in [0, 0.1) is 18.6 Å². The fraction of sp³-hybridized carbons (Fsp3) is 0.324. The molecule has 0 aliphatic carbocycles. The number of pyridine rings is 1. The summed E-state index contributed by atoms with van der Waals surface area (Å²) in [4.78, 5) is 29.4.